The second-order valence-corrected chi connectivity index (χ2v) is 7.96. The van der Waals surface area contributed by atoms with E-state index in [1.807, 2.05) is 6.07 Å². The fraction of sp³-hybridized carbons (Fsp3) is 0.600. The lowest BCUT2D eigenvalue weighted by Gasteiger charge is -2.21. The summed E-state index contributed by atoms with van der Waals surface area (Å²) in [5, 5.41) is 21.3. The molecule has 0 aliphatic heterocycles. The van der Waals surface area contributed by atoms with Crippen molar-refractivity contribution < 1.29 is 19.8 Å². The Kier molecular flexibility index (Phi) is 11.2. The van der Waals surface area contributed by atoms with Crippen molar-refractivity contribution in [2.24, 2.45) is 5.92 Å². The summed E-state index contributed by atoms with van der Waals surface area (Å²) in [6, 6.07) is 11.2. The van der Waals surface area contributed by atoms with E-state index in [9.17, 15) is 14.7 Å². The monoisotopic (exact) mass is 381 g/mol. The molecule has 0 saturated heterocycles. The van der Waals surface area contributed by atoms with E-state index in [0.717, 1.165) is 18.2 Å². The van der Waals surface area contributed by atoms with Crippen molar-refractivity contribution in [3.8, 4) is 0 Å². The molecule has 1 aliphatic rings. The first-order valence-corrected chi connectivity index (χ1v) is 10.2. The molecule has 5 nitrogen and oxygen atoms in total. The number of carboxylic acid groups (broad SMARTS) is 1. The van der Waals surface area contributed by atoms with E-state index in [0.29, 0.717) is 11.8 Å². The van der Waals surface area contributed by atoms with E-state index < -0.39 is 11.9 Å². The van der Waals surface area contributed by atoms with Crippen LogP contribution in [0.3, 0.4) is 0 Å². The van der Waals surface area contributed by atoms with Gasteiger partial charge in [0, 0.05) is 24.8 Å². The molecule has 0 amide bonds. The van der Waals surface area contributed by atoms with Crippen LogP contribution in [0, 0.1) is 5.92 Å². The van der Waals surface area contributed by atoms with Crippen LogP contribution < -0.4 is 5.32 Å². The zero-order valence-electron chi connectivity index (χ0n) is 15.7. The van der Waals surface area contributed by atoms with E-state index >= 15 is 0 Å². The van der Waals surface area contributed by atoms with Gasteiger partial charge in [-0.1, -0.05) is 61.9 Å². The molecule has 146 valence electrons. The molecule has 1 fully saturated rings. The van der Waals surface area contributed by atoms with Gasteiger partial charge in [-0.25, -0.2) is 0 Å². The zero-order valence-corrected chi connectivity index (χ0v) is 16.5. The number of hydrogen-bond acceptors (Lipinski definition) is 5. The van der Waals surface area contributed by atoms with Crippen molar-refractivity contribution >= 4 is 22.8 Å². The van der Waals surface area contributed by atoms with Crippen LogP contribution in [0.15, 0.2) is 30.3 Å². The Balaban J connectivity index is 0.000000294. The predicted molar refractivity (Wildman–Crippen MR) is 106 cm³/mol. The SMILES string of the molecule is CC(=O)SCC(C)C(=O)O.OC[C@H](Cc1ccccc1)NC1CCCC1. The number of aliphatic carboxylic acids is 1. The third-order valence-electron chi connectivity index (χ3n) is 4.33. The van der Waals surface area contributed by atoms with Gasteiger partial charge in [0.25, 0.3) is 0 Å². The van der Waals surface area contributed by atoms with Crippen LogP contribution in [0.1, 0.15) is 45.1 Å². The molecule has 3 N–H and O–H groups in total. The molecule has 1 aromatic carbocycles. The van der Waals surface area contributed by atoms with E-state index in [4.69, 9.17) is 5.11 Å². The van der Waals surface area contributed by atoms with Gasteiger partial charge < -0.3 is 15.5 Å². The van der Waals surface area contributed by atoms with Gasteiger partial charge in [0.15, 0.2) is 5.12 Å². The molecule has 0 bridgehead atoms. The van der Waals surface area contributed by atoms with E-state index in [2.05, 4.69) is 29.6 Å². The number of rotatable bonds is 8. The quantitative estimate of drug-likeness (QED) is 0.641. The first kappa shape index (κ1) is 22.7. The standard InChI is InChI=1S/C14H21NO.C6H10O3S/c16-11-14(15-13-8-4-5-9-13)10-12-6-2-1-3-7-12;1-4(6(8)9)3-10-5(2)7/h1-3,6-7,13-16H,4-5,8-11H2;4H,3H2,1-2H3,(H,8,9)/t14-;/m0./s1. The van der Waals surface area contributed by atoms with Gasteiger partial charge in [-0.05, 0) is 24.8 Å². The number of aliphatic hydroxyl groups is 1. The summed E-state index contributed by atoms with van der Waals surface area (Å²) in [6.45, 7) is 3.24. The number of carbonyl (C=O) groups excluding carboxylic acids is 1. The van der Waals surface area contributed by atoms with Gasteiger partial charge in [0.1, 0.15) is 0 Å². The number of nitrogens with one attached hydrogen (secondary N) is 1. The average Bonchev–Trinajstić information content (AvgIpc) is 3.13. The van der Waals surface area contributed by atoms with Crippen molar-refractivity contribution in [2.75, 3.05) is 12.4 Å². The molecule has 26 heavy (non-hydrogen) atoms. The Morgan fingerprint density at radius 2 is 1.85 bits per heavy atom. The summed E-state index contributed by atoms with van der Waals surface area (Å²) < 4.78 is 0. The molecule has 1 aliphatic carbocycles. The average molecular weight is 382 g/mol. The van der Waals surface area contributed by atoms with E-state index in [-0.39, 0.29) is 17.8 Å². The van der Waals surface area contributed by atoms with Gasteiger partial charge in [-0.2, -0.15) is 0 Å². The zero-order chi connectivity index (χ0) is 19.4. The molecule has 0 radical (unpaired) electrons. The van der Waals surface area contributed by atoms with E-state index in [1.165, 1.54) is 38.2 Å². The highest BCUT2D eigenvalue weighted by molar-refractivity contribution is 8.13. The van der Waals surface area contributed by atoms with Crippen LogP contribution >= 0.6 is 11.8 Å². The molecule has 0 spiro atoms. The molecule has 6 heteroatoms. The van der Waals surface area contributed by atoms with Crippen LogP contribution in [-0.4, -0.2) is 45.7 Å². The lowest BCUT2D eigenvalue weighted by Crippen LogP contribution is -2.40. The fourth-order valence-electron chi connectivity index (χ4n) is 2.81. The summed E-state index contributed by atoms with van der Waals surface area (Å²) in [6.07, 6.45) is 6.13. The predicted octanol–water partition coefficient (Wildman–Crippen LogP) is 3.11. The highest BCUT2D eigenvalue weighted by Gasteiger charge is 2.18. The fourth-order valence-corrected chi connectivity index (χ4v) is 3.44. The molecule has 2 rings (SSSR count). The summed E-state index contributed by atoms with van der Waals surface area (Å²) in [7, 11) is 0. The molecule has 1 unspecified atom stereocenters. The Morgan fingerprint density at radius 3 is 2.35 bits per heavy atom. The second-order valence-electron chi connectivity index (χ2n) is 6.76. The lowest BCUT2D eigenvalue weighted by atomic mass is 10.1. The number of hydrogen-bond donors (Lipinski definition) is 3. The number of thioether (sulfide) groups is 1. The number of carboxylic acids is 1. The topological polar surface area (TPSA) is 86.6 Å². The minimum Gasteiger partial charge on any atom is -0.481 e. The number of aliphatic hydroxyl groups excluding tert-OH is 1. The lowest BCUT2D eigenvalue weighted by molar-refractivity contribution is -0.140. The van der Waals surface area contributed by atoms with Crippen molar-refractivity contribution in [1.82, 2.24) is 5.32 Å². The highest BCUT2D eigenvalue weighted by atomic mass is 32.2. The van der Waals surface area contributed by atoms with Crippen LogP contribution in [-0.2, 0) is 16.0 Å². The molecule has 1 aromatic rings. The Labute approximate surface area is 160 Å². The van der Waals surface area contributed by atoms with Crippen LogP contribution in [0.25, 0.3) is 0 Å². The summed E-state index contributed by atoms with van der Waals surface area (Å²) in [5.41, 5.74) is 1.30. The Morgan fingerprint density at radius 1 is 1.23 bits per heavy atom. The van der Waals surface area contributed by atoms with Crippen LogP contribution in [0.2, 0.25) is 0 Å². The van der Waals surface area contributed by atoms with Gasteiger partial charge in [0.2, 0.25) is 0 Å². The maximum atomic E-state index is 10.3. The maximum Gasteiger partial charge on any atom is 0.307 e. The third kappa shape index (κ3) is 9.94. The Hall–Kier alpha value is -1.37. The largest absolute Gasteiger partial charge is 0.481 e. The molecular weight excluding hydrogens is 350 g/mol. The summed E-state index contributed by atoms with van der Waals surface area (Å²) in [5.74, 6) is -0.923. The highest BCUT2D eigenvalue weighted by Crippen LogP contribution is 2.18. The molecule has 0 heterocycles. The van der Waals surface area contributed by atoms with Crippen molar-refractivity contribution in [3.05, 3.63) is 35.9 Å². The van der Waals surface area contributed by atoms with Gasteiger partial charge in [0.05, 0.1) is 12.5 Å². The first-order valence-electron chi connectivity index (χ1n) is 9.19. The third-order valence-corrected chi connectivity index (χ3v) is 5.40. The number of benzene rings is 1. The van der Waals surface area contributed by atoms with Crippen molar-refractivity contribution in [2.45, 2.75) is 58.0 Å². The summed E-state index contributed by atoms with van der Waals surface area (Å²) in [4.78, 5) is 20.5. The summed E-state index contributed by atoms with van der Waals surface area (Å²) >= 11 is 1.05. The van der Waals surface area contributed by atoms with Crippen LogP contribution in [0.4, 0.5) is 0 Å². The number of carbonyl (C=O) groups is 2. The van der Waals surface area contributed by atoms with Crippen LogP contribution in [0.5, 0.6) is 0 Å². The first-order chi connectivity index (χ1) is 12.4. The van der Waals surface area contributed by atoms with Crippen molar-refractivity contribution in [3.63, 3.8) is 0 Å². The van der Waals surface area contributed by atoms with Crippen molar-refractivity contribution in [1.29, 1.82) is 0 Å². The molecule has 1 saturated carbocycles. The normalized spacial score (nSPS) is 16.4. The molecule has 0 aromatic heterocycles. The minimum atomic E-state index is -0.853. The second kappa shape index (κ2) is 12.9. The van der Waals surface area contributed by atoms with Gasteiger partial charge >= 0.3 is 5.97 Å². The maximum absolute atomic E-state index is 10.3. The molecule has 2 atom stereocenters. The van der Waals surface area contributed by atoms with Gasteiger partial charge in [-0.15, -0.1) is 0 Å². The van der Waals surface area contributed by atoms with E-state index in [1.54, 1.807) is 6.92 Å². The van der Waals surface area contributed by atoms with Gasteiger partial charge in [-0.3, -0.25) is 9.59 Å². The Bertz CT molecular complexity index is 532. The smallest absolute Gasteiger partial charge is 0.307 e. The minimum absolute atomic E-state index is 0.0342. The molecular formula is C20H31NO4S.